The maximum absolute atomic E-state index is 13.4. The van der Waals surface area contributed by atoms with E-state index in [2.05, 4.69) is 22.0 Å². The molecule has 124 valence electrons. The van der Waals surface area contributed by atoms with Gasteiger partial charge < -0.3 is 9.64 Å². The van der Waals surface area contributed by atoms with Crippen LogP contribution in [0, 0.1) is 5.82 Å². The van der Waals surface area contributed by atoms with Crippen LogP contribution in [0.1, 0.15) is 22.3 Å². The fraction of sp³-hybridized carbons (Fsp3) is 0.211. The SMILES string of the molecule is COc1ccc(C2=CCN(C(=O)c3cc(F)ccc3Br)CC2)cc1. The lowest BCUT2D eigenvalue weighted by Gasteiger charge is -2.27. The molecule has 0 N–H and O–H groups in total. The average Bonchev–Trinajstić information content (AvgIpc) is 2.63. The van der Waals surface area contributed by atoms with Gasteiger partial charge in [0.25, 0.3) is 5.91 Å². The number of amides is 1. The molecule has 0 fully saturated rings. The first kappa shape index (κ1) is 16.7. The number of hydrogen-bond donors (Lipinski definition) is 0. The molecule has 3 nitrogen and oxygen atoms in total. The van der Waals surface area contributed by atoms with Crippen LogP contribution < -0.4 is 4.74 Å². The highest BCUT2D eigenvalue weighted by Crippen LogP contribution is 2.26. The predicted octanol–water partition coefficient (Wildman–Crippen LogP) is 4.53. The molecule has 24 heavy (non-hydrogen) atoms. The van der Waals surface area contributed by atoms with Gasteiger partial charge in [-0.2, -0.15) is 0 Å². The molecule has 1 aliphatic rings. The van der Waals surface area contributed by atoms with Crippen molar-refractivity contribution >= 4 is 27.4 Å². The van der Waals surface area contributed by atoms with Gasteiger partial charge in [-0.25, -0.2) is 4.39 Å². The van der Waals surface area contributed by atoms with Gasteiger partial charge in [0.1, 0.15) is 11.6 Å². The van der Waals surface area contributed by atoms with Crippen LogP contribution in [0.3, 0.4) is 0 Å². The predicted molar refractivity (Wildman–Crippen MR) is 95.6 cm³/mol. The molecule has 0 aromatic heterocycles. The maximum atomic E-state index is 13.4. The van der Waals surface area contributed by atoms with Crippen molar-refractivity contribution in [2.45, 2.75) is 6.42 Å². The first-order valence-electron chi connectivity index (χ1n) is 7.66. The minimum absolute atomic E-state index is 0.161. The van der Waals surface area contributed by atoms with E-state index < -0.39 is 5.82 Å². The molecule has 1 heterocycles. The van der Waals surface area contributed by atoms with E-state index in [9.17, 15) is 9.18 Å². The molecular weight excluding hydrogens is 373 g/mol. The zero-order valence-corrected chi connectivity index (χ0v) is 14.8. The van der Waals surface area contributed by atoms with Crippen molar-refractivity contribution in [1.82, 2.24) is 4.90 Å². The Morgan fingerprint density at radius 3 is 2.58 bits per heavy atom. The standard InChI is InChI=1S/C19H17BrFNO2/c1-24-16-5-2-13(3-6-16)14-8-10-22(11-9-14)19(23)17-12-15(21)4-7-18(17)20/h2-8,12H,9-11H2,1H3. The molecule has 0 saturated heterocycles. The first-order chi connectivity index (χ1) is 11.6. The second-order valence-electron chi connectivity index (χ2n) is 5.58. The summed E-state index contributed by atoms with van der Waals surface area (Å²) >= 11 is 3.32. The van der Waals surface area contributed by atoms with Gasteiger partial charge in [-0.3, -0.25) is 4.79 Å². The van der Waals surface area contributed by atoms with Gasteiger partial charge in [0, 0.05) is 17.6 Å². The summed E-state index contributed by atoms with van der Waals surface area (Å²) in [5.74, 6) is 0.252. The first-order valence-corrected chi connectivity index (χ1v) is 8.45. The third-order valence-corrected chi connectivity index (χ3v) is 4.81. The number of ether oxygens (including phenoxy) is 1. The Hall–Kier alpha value is -2.14. The molecule has 1 amide bonds. The van der Waals surface area contributed by atoms with E-state index in [4.69, 9.17) is 4.74 Å². The Kier molecular flexibility index (Phi) is 5.00. The van der Waals surface area contributed by atoms with E-state index in [1.165, 1.54) is 17.7 Å². The van der Waals surface area contributed by atoms with E-state index in [1.807, 2.05) is 24.3 Å². The highest BCUT2D eigenvalue weighted by Gasteiger charge is 2.21. The number of rotatable bonds is 3. The second-order valence-corrected chi connectivity index (χ2v) is 6.44. The van der Waals surface area contributed by atoms with Gasteiger partial charge in [0.15, 0.2) is 0 Å². The van der Waals surface area contributed by atoms with E-state index in [-0.39, 0.29) is 5.91 Å². The van der Waals surface area contributed by atoms with Gasteiger partial charge >= 0.3 is 0 Å². The molecule has 2 aromatic carbocycles. The zero-order valence-electron chi connectivity index (χ0n) is 13.3. The highest BCUT2D eigenvalue weighted by molar-refractivity contribution is 9.10. The summed E-state index contributed by atoms with van der Waals surface area (Å²) in [7, 11) is 1.64. The van der Waals surface area contributed by atoms with Gasteiger partial charge in [-0.15, -0.1) is 0 Å². The monoisotopic (exact) mass is 389 g/mol. The van der Waals surface area contributed by atoms with E-state index in [0.29, 0.717) is 23.1 Å². The molecule has 0 aliphatic carbocycles. The fourth-order valence-electron chi connectivity index (χ4n) is 2.75. The molecule has 0 spiro atoms. The molecule has 5 heteroatoms. The Bertz CT molecular complexity index is 786. The summed E-state index contributed by atoms with van der Waals surface area (Å²) in [6, 6.07) is 12.1. The minimum Gasteiger partial charge on any atom is -0.497 e. The van der Waals surface area contributed by atoms with Crippen LogP contribution in [0.15, 0.2) is 53.0 Å². The van der Waals surface area contributed by atoms with Crippen LogP contribution in [0.2, 0.25) is 0 Å². The summed E-state index contributed by atoms with van der Waals surface area (Å²) < 4.78 is 19.2. The van der Waals surface area contributed by atoms with Crippen molar-refractivity contribution in [3.8, 4) is 5.75 Å². The van der Waals surface area contributed by atoms with E-state index in [1.54, 1.807) is 18.1 Å². The number of nitrogens with zero attached hydrogens (tertiary/aromatic N) is 1. The lowest BCUT2D eigenvalue weighted by atomic mass is 9.99. The lowest BCUT2D eigenvalue weighted by molar-refractivity contribution is 0.0771. The second kappa shape index (κ2) is 7.18. The summed E-state index contributed by atoms with van der Waals surface area (Å²) in [5, 5.41) is 0. The Labute approximate surface area is 148 Å². The van der Waals surface area contributed by atoms with E-state index >= 15 is 0 Å². The molecule has 3 rings (SSSR count). The van der Waals surface area contributed by atoms with Crippen molar-refractivity contribution in [3.05, 3.63) is 70.0 Å². The van der Waals surface area contributed by atoms with Crippen LogP contribution in [0.4, 0.5) is 4.39 Å². The van der Waals surface area contributed by atoms with Crippen molar-refractivity contribution in [2.75, 3.05) is 20.2 Å². The topological polar surface area (TPSA) is 29.5 Å². The molecule has 0 unspecified atom stereocenters. The number of benzene rings is 2. The Morgan fingerprint density at radius 1 is 1.21 bits per heavy atom. The minimum atomic E-state index is -0.409. The normalized spacial score (nSPS) is 14.3. The van der Waals surface area contributed by atoms with Crippen LogP contribution >= 0.6 is 15.9 Å². The third kappa shape index (κ3) is 3.51. The van der Waals surface area contributed by atoms with Crippen molar-refractivity contribution in [1.29, 1.82) is 0 Å². The largest absolute Gasteiger partial charge is 0.497 e. The Balaban J connectivity index is 1.74. The lowest BCUT2D eigenvalue weighted by Crippen LogP contribution is -2.34. The summed E-state index contributed by atoms with van der Waals surface area (Å²) in [4.78, 5) is 14.3. The number of halogens is 2. The van der Waals surface area contributed by atoms with Crippen LogP contribution in [-0.4, -0.2) is 31.0 Å². The van der Waals surface area contributed by atoms with E-state index in [0.717, 1.165) is 17.7 Å². The number of carbonyl (C=O) groups excluding carboxylic acids is 1. The van der Waals surface area contributed by atoms with Crippen molar-refractivity contribution in [3.63, 3.8) is 0 Å². The molecule has 0 radical (unpaired) electrons. The quantitative estimate of drug-likeness (QED) is 0.771. The smallest absolute Gasteiger partial charge is 0.255 e. The molecule has 0 atom stereocenters. The zero-order chi connectivity index (χ0) is 17.1. The molecule has 0 saturated carbocycles. The van der Waals surface area contributed by atoms with Gasteiger partial charge in [0.05, 0.1) is 12.7 Å². The van der Waals surface area contributed by atoms with Crippen LogP contribution in [-0.2, 0) is 0 Å². The average molecular weight is 390 g/mol. The number of carbonyl (C=O) groups is 1. The van der Waals surface area contributed by atoms with Crippen LogP contribution in [0.5, 0.6) is 5.75 Å². The van der Waals surface area contributed by atoms with Gasteiger partial charge in [-0.1, -0.05) is 18.2 Å². The molecule has 1 aliphatic heterocycles. The molecular formula is C19H17BrFNO2. The van der Waals surface area contributed by atoms with Gasteiger partial charge in [-0.05, 0) is 63.8 Å². The maximum Gasteiger partial charge on any atom is 0.255 e. The summed E-state index contributed by atoms with van der Waals surface area (Å²) in [5.41, 5.74) is 2.70. The molecule has 2 aromatic rings. The van der Waals surface area contributed by atoms with Crippen LogP contribution in [0.25, 0.3) is 5.57 Å². The summed E-state index contributed by atoms with van der Waals surface area (Å²) in [6.07, 6.45) is 2.82. The number of hydrogen-bond acceptors (Lipinski definition) is 2. The summed E-state index contributed by atoms with van der Waals surface area (Å²) in [6.45, 7) is 1.13. The van der Waals surface area contributed by atoms with Gasteiger partial charge in [0.2, 0.25) is 0 Å². The third-order valence-electron chi connectivity index (χ3n) is 4.12. The molecule has 0 bridgehead atoms. The number of methoxy groups -OCH3 is 1. The highest BCUT2D eigenvalue weighted by atomic mass is 79.9. The Morgan fingerprint density at radius 2 is 1.96 bits per heavy atom. The fourth-order valence-corrected chi connectivity index (χ4v) is 3.17. The van der Waals surface area contributed by atoms with Crippen molar-refractivity contribution < 1.29 is 13.9 Å². The van der Waals surface area contributed by atoms with Crippen molar-refractivity contribution in [2.24, 2.45) is 0 Å².